The fourth-order valence-electron chi connectivity index (χ4n) is 7.10. The maximum Gasteiger partial charge on any atom is 0.0634 e. The lowest BCUT2D eigenvalue weighted by Gasteiger charge is -2.12. The third-order valence-electron chi connectivity index (χ3n) is 8.99. The van der Waals surface area contributed by atoms with Crippen molar-refractivity contribution in [2.75, 3.05) is 0 Å². The van der Waals surface area contributed by atoms with E-state index in [0.29, 0.717) is 0 Å². The van der Waals surface area contributed by atoms with Crippen LogP contribution in [-0.2, 0) is 0 Å². The molecule has 200 valence electrons. The number of hydrogen-bond donors (Lipinski definition) is 0. The lowest BCUT2D eigenvalue weighted by atomic mass is 9.99. The van der Waals surface area contributed by atoms with Crippen LogP contribution in [0.15, 0.2) is 140 Å². The molecular formula is C40H23NS2. The zero-order valence-corrected chi connectivity index (χ0v) is 24.7. The Morgan fingerprint density at radius 2 is 1.00 bits per heavy atom. The number of para-hydroxylation sites is 1. The minimum atomic E-state index is 1.18. The van der Waals surface area contributed by atoms with E-state index in [0.717, 1.165) is 0 Å². The molecule has 0 radical (unpaired) electrons. The number of aromatic nitrogens is 1. The third kappa shape index (κ3) is 3.26. The molecule has 0 amide bonds. The summed E-state index contributed by atoms with van der Waals surface area (Å²) in [5.41, 5.74) is 6.21. The highest BCUT2D eigenvalue weighted by atomic mass is 32.1. The van der Waals surface area contributed by atoms with Crippen molar-refractivity contribution in [3.05, 3.63) is 140 Å². The summed E-state index contributed by atoms with van der Waals surface area (Å²) in [6, 6.07) is 51.5. The number of rotatable bonds is 2. The van der Waals surface area contributed by atoms with E-state index in [4.69, 9.17) is 0 Å². The molecule has 0 aliphatic heterocycles. The quantitative estimate of drug-likeness (QED) is 0.191. The van der Waals surface area contributed by atoms with Crippen molar-refractivity contribution >= 4 is 95.6 Å². The highest BCUT2D eigenvalue weighted by molar-refractivity contribution is 7.27. The maximum atomic E-state index is 2.48. The minimum Gasteiger partial charge on any atom is -0.309 e. The molecule has 3 heteroatoms. The zero-order valence-electron chi connectivity index (χ0n) is 23.0. The monoisotopic (exact) mass is 581 g/mol. The van der Waals surface area contributed by atoms with Gasteiger partial charge in [0.15, 0.2) is 0 Å². The fraction of sp³-hybridized carbons (Fsp3) is 0. The SMILES string of the molecule is c1ccc2c(c1)sc1cc(-c3ccc(-n4c5ccccc5c5c6sc7ccccc7c6c6ccccc6c54)cc3)ccc12. The van der Waals surface area contributed by atoms with Crippen LogP contribution in [0.1, 0.15) is 0 Å². The van der Waals surface area contributed by atoms with Gasteiger partial charge in [-0.3, -0.25) is 0 Å². The number of nitrogens with zero attached hydrogens (tertiary/aromatic N) is 1. The van der Waals surface area contributed by atoms with Gasteiger partial charge in [-0.25, -0.2) is 0 Å². The lowest BCUT2D eigenvalue weighted by Crippen LogP contribution is -1.94. The Hall–Kier alpha value is -4.96. The lowest BCUT2D eigenvalue weighted by molar-refractivity contribution is 1.19. The summed E-state index contributed by atoms with van der Waals surface area (Å²) in [5, 5.41) is 10.7. The van der Waals surface area contributed by atoms with Gasteiger partial charge >= 0.3 is 0 Å². The minimum absolute atomic E-state index is 1.18. The molecule has 3 heterocycles. The van der Waals surface area contributed by atoms with Gasteiger partial charge in [0.05, 0.1) is 11.0 Å². The van der Waals surface area contributed by atoms with Crippen LogP contribution in [0.4, 0.5) is 0 Å². The van der Waals surface area contributed by atoms with E-state index in [2.05, 4.69) is 144 Å². The van der Waals surface area contributed by atoms with Crippen LogP contribution in [-0.4, -0.2) is 4.57 Å². The molecule has 0 unspecified atom stereocenters. The van der Waals surface area contributed by atoms with Gasteiger partial charge in [0.25, 0.3) is 0 Å². The highest BCUT2D eigenvalue weighted by Gasteiger charge is 2.21. The van der Waals surface area contributed by atoms with Crippen LogP contribution < -0.4 is 0 Å². The summed E-state index contributed by atoms with van der Waals surface area (Å²) in [6.07, 6.45) is 0. The van der Waals surface area contributed by atoms with Crippen molar-refractivity contribution in [3.63, 3.8) is 0 Å². The van der Waals surface area contributed by atoms with E-state index in [-0.39, 0.29) is 0 Å². The van der Waals surface area contributed by atoms with Crippen LogP contribution in [0.5, 0.6) is 0 Å². The average Bonchev–Trinajstić information content (AvgIpc) is 3.74. The van der Waals surface area contributed by atoms with E-state index in [1.807, 2.05) is 22.7 Å². The van der Waals surface area contributed by atoms with Gasteiger partial charge in [-0.05, 0) is 52.9 Å². The summed E-state index contributed by atoms with van der Waals surface area (Å²) in [7, 11) is 0. The first kappa shape index (κ1) is 23.6. The van der Waals surface area contributed by atoms with E-state index >= 15 is 0 Å². The summed E-state index contributed by atoms with van der Waals surface area (Å²) in [5.74, 6) is 0. The van der Waals surface area contributed by atoms with Crippen LogP contribution in [0, 0.1) is 0 Å². The Balaban J connectivity index is 1.23. The van der Waals surface area contributed by atoms with Crippen molar-refractivity contribution in [3.8, 4) is 16.8 Å². The molecule has 1 nitrogen and oxygen atoms in total. The Kier molecular flexibility index (Phi) is 4.81. The molecule has 3 aromatic heterocycles. The summed E-state index contributed by atoms with van der Waals surface area (Å²) >= 11 is 3.79. The summed E-state index contributed by atoms with van der Waals surface area (Å²) in [4.78, 5) is 0. The molecule has 0 N–H and O–H groups in total. The normalized spacial score (nSPS) is 12.2. The summed E-state index contributed by atoms with van der Waals surface area (Å²) < 4.78 is 7.88. The molecule has 0 spiro atoms. The number of fused-ring (bicyclic) bond motifs is 13. The number of hydrogen-bond acceptors (Lipinski definition) is 2. The van der Waals surface area contributed by atoms with E-state index in [9.17, 15) is 0 Å². The van der Waals surface area contributed by atoms with E-state index in [1.165, 1.54) is 89.7 Å². The first-order valence-corrected chi connectivity index (χ1v) is 16.2. The first-order chi connectivity index (χ1) is 21.3. The number of benzene rings is 7. The number of thiophene rings is 2. The fourth-order valence-corrected chi connectivity index (χ4v) is 9.52. The average molecular weight is 582 g/mol. The highest BCUT2D eigenvalue weighted by Crippen LogP contribution is 2.48. The van der Waals surface area contributed by atoms with Gasteiger partial charge in [-0.2, -0.15) is 0 Å². The van der Waals surface area contributed by atoms with Crippen LogP contribution in [0.2, 0.25) is 0 Å². The molecule has 0 saturated heterocycles. The standard InChI is InChI=1S/C40H23NS2/c1-2-11-30-29(10-1)37-32-13-5-8-16-35(32)43-40(37)38-31-12-3-6-14-33(31)41(39(30)38)26-20-17-24(18-21-26)25-19-22-28-27-9-4-7-15-34(27)42-36(28)23-25/h1-23H. The largest absolute Gasteiger partial charge is 0.309 e. The molecule has 10 aromatic rings. The van der Waals surface area contributed by atoms with Crippen LogP contribution in [0.3, 0.4) is 0 Å². The van der Waals surface area contributed by atoms with Crippen LogP contribution in [0.25, 0.3) is 89.7 Å². The van der Waals surface area contributed by atoms with E-state index in [1.54, 1.807) is 0 Å². The topological polar surface area (TPSA) is 4.93 Å². The van der Waals surface area contributed by atoms with Crippen molar-refractivity contribution in [2.24, 2.45) is 0 Å². The predicted octanol–water partition coefficient (Wildman–Crippen LogP) is 12.3. The molecule has 0 saturated carbocycles. The molecule has 10 rings (SSSR count). The van der Waals surface area contributed by atoms with Gasteiger partial charge in [0, 0.05) is 62.2 Å². The van der Waals surface area contributed by atoms with Crippen LogP contribution >= 0.6 is 22.7 Å². The second-order valence-electron chi connectivity index (χ2n) is 11.3. The van der Waals surface area contributed by atoms with Crippen molar-refractivity contribution < 1.29 is 0 Å². The van der Waals surface area contributed by atoms with Gasteiger partial charge in [-0.1, -0.05) is 103 Å². The Morgan fingerprint density at radius 1 is 0.395 bits per heavy atom. The van der Waals surface area contributed by atoms with Gasteiger partial charge < -0.3 is 4.57 Å². The van der Waals surface area contributed by atoms with Crippen molar-refractivity contribution in [1.29, 1.82) is 0 Å². The van der Waals surface area contributed by atoms with Gasteiger partial charge in [0.2, 0.25) is 0 Å². The molecule has 0 fully saturated rings. The van der Waals surface area contributed by atoms with Gasteiger partial charge in [-0.15, -0.1) is 22.7 Å². The Bertz CT molecular complexity index is 2720. The Morgan fingerprint density at radius 3 is 1.81 bits per heavy atom. The molecule has 0 aliphatic rings. The van der Waals surface area contributed by atoms with Crippen molar-refractivity contribution in [1.82, 2.24) is 4.57 Å². The second-order valence-corrected chi connectivity index (χ2v) is 13.4. The first-order valence-electron chi connectivity index (χ1n) is 14.6. The zero-order chi connectivity index (χ0) is 28.1. The molecule has 0 bridgehead atoms. The maximum absolute atomic E-state index is 2.48. The van der Waals surface area contributed by atoms with Crippen molar-refractivity contribution in [2.45, 2.75) is 0 Å². The molecule has 43 heavy (non-hydrogen) atoms. The smallest absolute Gasteiger partial charge is 0.0634 e. The molecule has 0 atom stereocenters. The molecule has 0 aliphatic carbocycles. The van der Waals surface area contributed by atoms with E-state index < -0.39 is 0 Å². The van der Waals surface area contributed by atoms with Gasteiger partial charge in [0.1, 0.15) is 0 Å². The Labute approximate surface area is 255 Å². The summed E-state index contributed by atoms with van der Waals surface area (Å²) in [6.45, 7) is 0. The second kappa shape index (κ2) is 8.78. The third-order valence-corrected chi connectivity index (χ3v) is 11.3. The molecular weight excluding hydrogens is 559 g/mol. The molecule has 7 aromatic carbocycles. The predicted molar refractivity (Wildman–Crippen MR) is 190 cm³/mol.